The van der Waals surface area contributed by atoms with Crippen LogP contribution >= 0.6 is 11.6 Å². The highest BCUT2D eigenvalue weighted by Crippen LogP contribution is 2.30. The maximum Gasteiger partial charge on any atom is 0.255 e. The van der Waals surface area contributed by atoms with Crippen LogP contribution < -0.4 is 5.32 Å². The highest BCUT2D eigenvalue weighted by molar-refractivity contribution is 6.34. The van der Waals surface area contributed by atoms with Gasteiger partial charge in [0.05, 0.1) is 10.7 Å². The number of oxazole rings is 1. The summed E-state index contributed by atoms with van der Waals surface area (Å²) in [6.07, 6.45) is 1.66. The van der Waals surface area contributed by atoms with E-state index in [1.54, 1.807) is 36.5 Å². The Hall–Kier alpha value is -3.18. The number of carbonyl (C=O) groups excluding carboxylic acids is 1. The minimum atomic E-state index is -0.217. The molecule has 2 heterocycles. The summed E-state index contributed by atoms with van der Waals surface area (Å²) in [5.74, 6) is 0.202. The van der Waals surface area contributed by atoms with Gasteiger partial charge in [-0.15, -0.1) is 0 Å². The standard InChI is InChI=1S/C21H16ClN3O2/c1-12-5-7-15(13(2)10-12)20(26)24-17-11-14(6-8-16(17)22)21-25-19-18(27-21)4-3-9-23-19/h3-11H,1-2H3,(H,24,26). The Kier molecular flexibility index (Phi) is 4.38. The monoisotopic (exact) mass is 377 g/mol. The number of benzene rings is 2. The minimum Gasteiger partial charge on any atom is -0.434 e. The van der Waals surface area contributed by atoms with E-state index in [1.807, 2.05) is 32.0 Å². The summed E-state index contributed by atoms with van der Waals surface area (Å²) in [6, 6.07) is 14.5. The van der Waals surface area contributed by atoms with Crippen LogP contribution in [0.2, 0.25) is 5.02 Å². The molecule has 1 N–H and O–H groups in total. The van der Waals surface area contributed by atoms with Crippen LogP contribution in [0.5, 0.6) is 0 Å². The number of fused-ring (bicyclic) bond motifs is 1. The number of hydrogen-bond acceptors (Lipinski definition) is 4. The molecule has 0 saturated carbocycles. The highest BCUT2D eigenvalue weighted by Gasteiger charge is 2.14. The molecule has 2 aromatic carbocycles. The molecule has 5 nitrogen and oxygen atoms in total. The van der Waals surface area contributed by atoms with Gasteiger partial charge in [0.15, 0.2) is 11.2 Å². The topological polar surface area (TPSA) is 68.0 Å². The minimum absolute atomic E-state index is 0.217. The molecule has 0 bridgehead atoms. The van der Waals surface area contributed by atoms with Gasteiger partial charge in [0.2, 0.25) is 5.89 Å². The van der Waals surface area contributed by atoms with Crippen LogP contribution in [0, 0.1) is 13.8 Å². The predicted molar refractivity (Wildman–Crippen MR) is 106 cm³/mol. The Morgan fingerprint density at radius 2 is 1.96 bits per heavy atom. The number of aromatic nitrogens is 2. The number of carbonyl (C=O) groups is 1. The van der Waals surface area contributed by atoms with Gasteiger partial charge in [0, 0.05) is 17.3 Å². The summed E-state index contributed by atoms with van der Waals surface area (Å²) in [7, 11) is 0. The van der Waals surface area contributed by atoms with E-state index in [-0.39, 0.29) is 5.91 Å². The number of amides is 1. The molecule has 0 radical (unpaired) electrons. The lowest BCUT2D eigenvalue weighted by Crippen LogP contribution is -2.13. The third-order valence-corrected chi connectivity index (χ3v) is 4.58. The lowest BCUT2D eigenvalue weighted by molar-refractivity contribution is 0.102. The summed E-state index contributed by atoms with van der Waals surface area (Å²) in [5.41, 5.74) is 4.95. The Labute approximate surface area is 161 Å². The van der Waals surface area contributed by atoms with Gasteiger partial charge in [-0.25, -0.2) is 4.98 Å². The van der Waals surface area contributed by atoms with Crippen molar-refractivity contribution in [3.8, 4) is 11.5 Å². The fraction of sp³-hybridized carbons (Fsp3) is 0.0952. The first-order valence-corrected chi connectivity index (χ1v) is 8.79. The first kappa shape index (κ1) is 17.2. The number of anilines is 1. The number of aryl methyl sites for hydroxylation is 2. The lowest BCUT2D eigenvalue weighted by Gasteiger charge is -2.10. The normalized spacial score (nSPS) is 10.9. The zero-order valence-electron chi connectivity index (χ0n) is 14.8. The summed E-state index contributed by atoms with van der Waals surface area (Å²) >= 11 is 6.28. The van der Waals surface area contributed by atoms with E-state index in [4.69, 9.17) is 16.0 Å². The van der Waals surface area contributed by atoms with Crippen LogP contribution in [0.4, 0.5) is 5.69 Å². The van der Waals surface area contributed by atoms with E-state index in [0.29, 0.717) is 39.0 Å². The maximum absolute atomic E-state index is 12.7. The molecule has 2 aromatic heterocycles. The molecular weight excluding hydrogens is 362 g/mol. The number of nitrogens with one attached hydrogen (secondary N) is 1. The average Bonchev–Trinajstić information content (AvgIpc) is 3.07. The van der Waals surface area contributed by atoms with Crippen LogP contribution in [0.25, 0.3) is 22.7 Å². The third-order valence-electron chi connectivity index (χ3n) is 4.25. The molecule has 6 heteroatoms. The van der Waals surface area contributed by atoms with Crippen LogP contribution in [-0.4, -0.2) is 15.9 Å². The SMILES string of the molecule is Cc1ccc(C(=O)Nc2cc(-c3nc4ncccc4o3)ccc2Cl)c(C)c1. The van der Waals surface area contributed by atoms with Gasteiger partial charge in [0.1, 0.15) is 0 Å². The van der Waals surface area contributed by atoms with Crippen molar-refractivity contribution in [2.75, 3.05) is 5.32 Å². The van der Waals surface area contributed by atoms with Gasteiger partial charge in [0.25, 0.3) is 5.91 Å². The van der Waals surface area contributed by atoms with Gasteiger partial charge in [-0.1, -0.05) is 29.3 Å². The first-order chi connectivity index (χ1) is 13.0. The van der Waals surface area contributed by atoms with Gasteiger partial charge < -0.3 is 9.73 Å². The van der Waals surface area contributed by atoms with Crippen molar-refractivity contribution >= 4 is 34.4 Å². The fourth-order valence-electron chi connectivity index (χ4n) is 2.90. The van der Waals surface area contributed by atoms with Crippen LogP contribution in [0.15, 0.2) is 59.1 Å². The van der Waals surface area contributed by atoms with Crippen molar-refractivity contribution in [2.24, 2.45) is 0 Å². The van der Waals surface area contributed by atoms with Crippen molar-refractivity contribution in [3.05, 3.63) is 76.4 Å². The number of hydrogen-bond donors (Lipinski definition) is 1. The predicted octanol–water partition coefficient (Wildman–Crippen LogP) is 5.41. The van der Waals surface area contributed by atoms with E-state index in [9.17, 15) is 4.79 Å². The average molecular weight is 378 g/mol. The van der Waals surface area contributed by atoms with Gasteiger partial charge in [-0.3, -0.25) is 4.79 Å². The molecule has 1 amide bonds. The third kappa shape index (κ3) is 3.41. The van der Waals surface area contributed by atoms with Crippen molar-refractivity contribution in [2.45, 2.75) is 13.8 Å². The van der Waals surface area contributed by atoms with Gasteiger partial charge in [-0.05, 0) is 55.8 Å². The molecule has 0 aliphatic carbocycles. The van der Waals surface area contributed by atoms with Gasteiger partial charge in [-0.2, -0.15) is 4.98 Å². The molecule has 27 heavy (non-hydrogen) atoms. The van der Waals surface area contributed by atoms with Crippen molar-refractivity contribution < 1.29 is 9.21 Å². The van der Waals surface area contributed by atoms with E-state index in [2.05, 4.69) is 15.3 Å². The molecule has 4 rings (SSSR count). The van der Waals surface area contributed by atoms with Crippen molar-refractivity contribution in [1.29, 1.82) is 0 Å². The summed E-state index contributed by atoms with van der Waals surface area (Å²) in [6.45, 7) is 3.90. The summed E-state index contributed by atoms with van der Waals surface area (Å²) in [5, 5.41) is 3.31. The van der Waals surface area contributed by atoms with Crippen LogP contribution in [-0.2, 0) is 0 Å². The molecule has 134 valence electrons. The second-order valence-corrected chi connectivity index (χ2v) is 6.72. The van der Waals surface area contributed by atoms with E-state index < -0.39 is 0 Å². The molecule has 0 atom stereocenters. The molecule has 0 unspecified atom stereocenters. The fourth-order valence-corrected chi connectivity index (χ4v) is 3.07. The quantitative estimate of drug-likeness (QED) is 0.518. The smallest absolute Gasteiger partial charge is 0.255 e. The number of halogens is 1. The molecule has 0 aliphatic rings. The zero-order valence-corrected chi connectivity index (χ0v) is 15.5. The summed E-state index contributed by atoms with van der Waals surface area (Å²) < 4.78 is 5.74. The molecular formula is C21H16ClN3O2. The van der Waals surface area contributed by atoms with E-state index >= 15 is 0 Å². The molecule has 0 spiro atoms. The van der Waals surface area contributed by atoms with E-state index in [1.165, 1.54) is 0 Å². The second kappa shape index (κ2) is 6.85. The highest BCUT2D eigenvalue weighted by atomic mass is 35.5. The number of pyridine rings is 1. The number of nitrogens with zero attached hydrogens (tertiary/aromatic N) is 2. The van der Waals surface area contributed by atoms with Crippen molar-refractivity contribution in [1.82, 2.24) is 9.97 Å². The largest absolute Gasteiger partial charge is 0.434 e. The number of rotatable bonds is 3. The maximum atomic E-state index is 12.7. The Balaban J connectivity index is 1.67. The first-order valence-electron chi connectivity index (χ1n) is 8.41. The van der Waals surface area contributed by atoms with Gasteiger partial charge >= 0.3 is 0 Å². The lowest BCUT2D eigenvalue weighted by atomic mass is 10.1. The molecule has 0 aliphatic heterocycles. The zero-order chi connectivity index (χ0) is 19.0. The summed E-state index contributed by atoms with van der Waals surface area (Å²) in [4.78, 5) is 21.2. The van der Waals surface area contributed by atoms with Crippen molar-refractivity contribution in [3.63, 3.8) is 0 Å². The molecule has 0 saturated heterocycles. The Morgan fingerprint density at radius 3 is 2.74 bits per heavy atom. The molecule has 4 aromatic rings. The Morgan fingerprint density at radius 1 is 1.11 bits per heavy atom. The van der Waals surface area contributed by atoms with Crippen LogP contribution in [0.3, 0.4) is 0 Å². The van der Waals surface area contributed by atoms with Crippen LogP contribution in [0.1, 0.15) is 21.5 Å². The van der Waals surface area contributed by atoms with E-state index in [0.717, 1.165) is 11.1 Å². The molecule has 0 fully saturated rings. The Bertz CT molecular complexity index is 1130. The second-order valence-electron chi connectivity index (χ2n) is 6.31.